The Kier molecular flexibility index (Phi) is 6.87. The predicted molar refractivity (Wildman–Crippen MR) is 94.7 cm³/mol. The molecule has 1 heterocycles. The molecule has 1 aromatic rings. The Morgan fingerprint density at radius 2 is 2.21 bits per heavy atom. The van der Waals surface area contributed by atoms with Crippen molar-refractivity contribution in [1.29, 1.82) is 0 Å². The van der Waals surface area contributed by atoms with Crippen LogP contribution in [0.5, 0.6) is 0 Å². The van der Waals surface area contributed by atoms with Crippen LogP contribution >= 0.6 is 11.6 Å². The normalized spacial score (nSPS) is 16.7. The van der Waals surface area contributed by atoms with Crippen LogP contribution in [0.15, 0.2) is 18.2 Å². The Bertz CT molecular complexity index is 588. The van der Waals surface area contributed by atoms with E-state index in [1.807, 2.05) is 0 Å². The van der Waals surface area contributed by atoms with Crippen LogP contribution in [-0.2, 0) is 4.74 Å². The van der Waals surface area contributed by atoms with Gasteiger partial charge >= 0.3 is 6.03 Å². The van der Waals surface area contributed by atoms with E-state index in [0.29, 0.717) is 28.9 Å². The molecule has 1 aromatic carbocycles. The van der Waals surface area contributed by atoms with E-state index in [2.05, 4.69) is 10.6 Å². The van der Waals surface area contributed by atoms with Gasteiger partial charge in [0.15, 0.2) is 0 Å². The average Bonchev–Trinajstić information content (AvgIpc) is 3.09. The molecule has 7 heteroatoms. The Morgan fingerprint density at radius 1 is 1.42 bits per heavy atom. The summed E-state index contributed by atoms with van der Waals surface area (Å²) < 4.78 is 5.58. The van der Waals surface area contributed by atoms with Crippen molar-refractivity contribution in [2.24, 2.45) is 0 Å². The lowest BCUT2D eigenvalue weighted by Gasteiger charge is -2.19. The molecule has 3 amide bonds. The first-order valence-electron chi connectivity index (χ1n) is 8.16. The number of ether oxygens (including phenoxy) is 1. The van der Waals surface area contributed by atoms with Crippen molar-refractivity contribution in [3.05, 3.63) is 28.8 Å². The Hall–Kier alpha value is -1.79. The summed E-state index contributed by atoms with van der Waals surface area (Å²) in [5, 5.41) is 5.65. The van der Waals surface area contributed by atoms with E-state index in [1.165, 1.54) is 7.05 Å². The van der Waals surface area contributed by atoms with E-state index in [0.717, 1.165) is 32.3 Å². The molecule has 1 aliphatic rings. The summed E-state index contributed by atoms with van der Waals surface area (Å²) in [5.74, 6) is -0.291. The number of carbonyl (C=O) groups excluding carboxylic acids is 2. The molecule has 2 rings (SSSR count). The molecule has 1 aliphatic heterocycles. The number of anilines is 1. The summed E-state index contributed by atoms with van der Waals surface area (Å²) in [4.78, 5) is 25.6. The highest BCUT2D eigenvalue weighted by Crippen LogP contribution is 2.21. The monoisotopic (exact) mass is 353 g/mol. The van der Waals surface area contributed by atoms with Gasteiger partial charge in [-0.1, -0.05) is 11.6 Å². The fraction of sp³-hybridized carbons (Fsp3) is 0.529. The average molecular weight is 354 g/mol. The molecule has 0 radical (unpaired) electrons. The van der Waals surface area contributed by atoms with Crippen LogP contribution < -0.4 is 10.6 Å². The molecule has 2 N–H and O–H groups in total. The summed E-state index contributed by atoms with van der Waals surface area (Å²) in [6.45, 7) is 1.51. The second-order valence-corrected chi connectivity index (χ2v) is 6.31. The molecule has 1 atom stereocenters. The zero-order valence-corrected chi connectivity index (χ0v) is 14.9. The van der Waals surface area contributed by atoms with Crippen LogP contribution in [0.25, 0.3) is 0 Å². The van der Waals surface area contributed by atoms with Crippen molar-refractivity contribution < 1.29 is 14.3 Å². The van der Waals surface area contributed by atoms with E-state index in [9.17, 15) is 9.59 Å². The first-order valence-corrected chi connectivity index (χ1v) is 8.54. The number of nitrogens with zero attached hydrogens (tertiary/aromatic N) is 1. The highest BCUT2D eigenvalue weighted by Gasteiger charge is 2.16. The number of hydrogen-bond acceptors (Lipinski definition) is 3. The third-order valence-corrected chi connectivity index (χ3v) is 4.41. The highest BCUT2D eigenvalue weighted by atomic mass is 35.5. The molecule has 0 aromatic heterocycles. The van der Waals surface area contributed by atoms with Crippen LogP contribution in [0.4, 0.5) is 10.5 Å². The Morgan fingerprint density at radius 3 is 2.88 bits per heavy atom. The second-order valence-electron chi connectivity index (χ2n) is 5.90. The lowest BCUT2D eigenvalue weighted by molar-refractivity contribution is 0.0963. The third kappa shape index (κ3) is 5.11. The minimum atomic E-state index is -0.291. The van der Waals surface area contributed by atoms with Crippen LogP contribution in [-0.4, -0.2) is 50.2 Å². The first kappa shape index (κ1) is 18.5. The van der Waals surface area contributed by atoms with Crippen molar-refractivity contribution in [2.75, 3.05) is 32.6 Å². The summed E-state index contributed by atoms with van der Waals surface area (Å²) in [6.07, 6.45) is 4.46. The number of rotatable bonds is 6. The van der Waals surface area contributed by atoms with Crippen molar-refractivity contribution in [3.63, 3.8) is 0 Å². The van der Waals surface area contributed by atoms with Gasteiger partial charge in [0.1, 0.15) is 0 Å². The Labute approximate surface area is 147 Å². The second kappa shape index (κ2) is 8.89. The number of halogens is 1. The summed E-state index contributed by atoms with van der Waals surface area (Å²) in [5.41, 5.74) is 0.868. The van der Waals surface area contributed by atoms with Gasteiger partial charge in [0.05, 0.1) is 16.7 Å². The van der Waals surface area contributed by atoms with E-state index >= 15 is 0 Å². The van der Waals surface area contributed by atoms with Crippen molar-refractivity contribution in [3.8, 4) is 0 Å². The van der Waals surface area contributed by atoms with Gasteiger partial charge in [0.25, 0.3) is 5.91 Å². The van der Waals surface area contributed by atoms with Gasteiger partial charge in [-0.05, 0) is 43.9 Å². The largest absolute Gasteiger partial charge is 0.378 e. The summed E-state index contributed by atoms with van der Waals surface area (Å²) >= 11 is 6.00. The third-order valence-electron chi connectivity index (χ3n) is 4.08. The molecule has 1 fully saturated rings. The number of urea groups is 1. The van der Waals surface area contributed by atoms with E-state index in [4.69, 9.17) is 16.3 Å². The smallest absolute Gasteiger partial charge is 0.321 e. The standard InChI is InChI=1S/C17H24ClN3O3/c1-19-16(22)14-11-12(7-8-15(14)18)20-17(23)21(2)9-3-5-13-6-4-10-24-13/h7-8,11,13H,3-6,9-10H2,1-2H3,(H,19,22)(H,20,23)/t13-/m1/s1. The van der Waals surface area contributed by atoms with Crippen molar-refractivity contribution in [2.45, 2.75) is 31.8 Å². The van der Waals surface area contributed by atoms with Gasteiger partial charge in [-0.2, -0.15) is 0 Å². The fourth-order valence-electron chi connectivity index (χ4n) is 2.66. The molecule has 0 unspecified atom stereocenters. The number of nitrogens with one attached hydrogen (secondary N) is 2. The van der Waals surface area contributed by atoms with Crippen LogP contribution in [0.2, 0.25) is 5.02 Å². The molecule has 1 saturated heterocycles. The first-order chi connectivity index (χ1) is 11.5. The van der Waals surface area contributed by atoms with Crippen LogP contribution in [0.1, 0.15) is 36.0 Å². The number of carbonyl (C=O) groups is 2. The van der Waals surface area contributed by atoms with Crippen molar-refractivity contribution >= 4 is 29.2 Å². The molecule has 0 spiro atoms. The van der Waals surface area contributed by atoms with Gasteiger partial charge in [-0.3, -0.25) is 4.79 Å². The van der Waals surface area contributed by atoms with Crippen LogP contribution in [0.3, 0.4) is 0 Å². The Balaban J connectivity index is 1.85. The van der Waals surface area contributed by atoms with Gasteiger partial charge in [0, 0.05) is 32.9 Å². The number of hydrogen-bond donors (Lipinski definition) is 2. The quantitative estimate of drug-likeness (QED) is 0.825. The molecular weight excluding hydrogens is 330 g/mol. The maximum absolute atomic E-state index is 12.2. The number of benzene rings is 1. The summed E-state index contributed by atoms with van der Waals surface area (Å²) in [6, 6.07) is 4.62. The molecule has 0 saturated carbocycles. The molecule has 0 aliphatic carbocycles. The molecular formula is C17H24ClN3O3. The maximum Gasteiger partial charge on any atom is 0.321 e. The maximum atomic E-state index is 12.2. The molecule has 24 heavy (non-hydrogen) atoms. The minimum absolute atomic E-state index is 0.215. The van der Waals surface area contributed by atoms with Gasteiger partial charge in [-0.25, -0.2) is 4.79 Å². The molecule has 0 bridgehead atoms. The topological polar surface area (TPSA) is 70.7 Å². The number of amides is 3. The lowest BCUT2D eigenvalue weighted by atomic mass is 10.1. The SMILES string of the molecule is CNC(=O)c1cc(NC(=O)N(C)CCC[C@@H]2CCCO2)ccc1Cl. The zero-order valence-electron chi connectivity index (χ0n) is 14.1. The van der Waals surface area contributed by atoms with Crippen molar-refractivity contribution in [1.82, 2.24) is 10.2 Å². The van der Waals surface area contributed by atoms with Crippen LogP contribution in [0, 0.1) is 0 Å². The minimum Gasteiger partial charge on any atom is -0.378 e. The lowest BCUT2D eigenvalue weighted by Crippen LogP contribution is -2.32. The molecule has 132 valence electrons. The van der Waals surface area contributed by atoms with Gasteiger partial charge in [0.2, 0.25) is 0 Å². The fourth-order valence-corrected chi connectivity index (χ4v) is 2.86. The van der Waals surface area contributed by atoms with E-state index in [-0.39, 0.29) is 11.9 Å². The zero-order chi connectivity index (χ0) is 17.5. The van der Waals surface area contributed by atoms with Gasteiger partial charge in [-0.15, -0.1) is 0 Å². The highest BCUT2D eigenvalue weighted by molar-refractivity contribution is 6.34. The van der Waals surface area contributed by atoms with Gasteiger partial charge < -0.3 is 20.3 Å². The van der Waals surface area contributed by atoms with E-state index in [1.54, 1.807) is 30.1 Å². The predicted octanol–water partition coefficient (Wildman–Crippen LogP) is 3.12. The van der Waals surface area contributed by atoms with E-state index < -0.39 is 0 Å². The summed E-state index contributed by atoms with van der Waals surface area (Å²) in [7, 11) is 3.28. The molecule has 6 nitrogen and oxygen atoms in total.